The lowest BCUT2D eigenvalue weighted by molar-refractivity contribution is -0.168. The molecule has 1 atom stereocenters. The second kappa shape index (κ2) is 3.97. The van der Waals surface area contributed by atoms with E-state index >= 15 is 0 Å². The lowest BCUT2D eigenvalue weighted by Gasteiger charge is -2.23. The van der Waals surface area contributed by atoms with Crippen LogP contribution in [0.5, 0.6) is 0 Å². The molecule has 90 valence electrons. The van der Waals surface area contributed by atoms with E-state index in [0.29, 0.717) is 6.29 Å². The van der Waals surface area contributed by atoms with Crippen molar-refractivity contribution in [3.8, 4) is 0 Å². The number of aliphatic imine (C=N–C) groups is 1. The highest BCUT2D eigenvalue weighted by Crippen LogP contribution is 2.24. The van der Waals surface area contributed by atoms with Gasteiger partial charge < -0.3 is 9.47 Å². The van der Waals surface area contributed by atoms with E-state index in [1.54, 1.807) is 34.6 Å². The van der Waals surface area contributed by atoms with Crippen molar-refractivity contribution < 1.29 is 19.1 Å². The Labute approximate surface area is 94.8 Å². The SMILES string of the molecule is CC(C)(C)OC(=O)[C@H]1OC(C)(C)N=C1C=O. The van der Waals surface area contributed by atoms with Gasteiger partial charge in [-0.15, -0.1) is 0 Å². The third-order valence-corrected chi connectivity index (χ3v) is 1.81. The third-order valence-electron chi connectivity index (χ3n) is 1.81. The minimum absolute atomic E-state index is 0.0826. The van der Waals surface area contributed by atoms with E-state index in [1.165, 1.54) is 0 Å². The van der Waals surface area contributed by atoms with Gasteiger partial charge >= 0.3 is 5.97 Å². The molecule has 1 rings (SSSR count). The van der Waals surface area contributed by atoms with Gasteiger partial charge in [-0.1, -0.05) is 0 Å². The molecular formula is C11H17NO4. The molecule has 5 nitrogen and oxygen atoms in total. The summed E-state index contributed by atoms with van der Waals surface area (Å²) in [5.41, 5.74) is -1.38. The molecule has 0 bridgehead atoms. The van der Waals surface area contributed by atoms with E-state index in [2.05, 4.69) is 4.99 Å². The molecule has 0 aromatic rings. The monoisotopic (exact) mass is 227 g/mol. The molecule has 0 aromatic heterocycles. The summed E-state index contributed by atoms with van der Waals surface area (Å²) < 4.78 is 10.5. The fourth-order valence-corrected chi connectivity index (χ4v) is 1.36. The number of carbonyl (C=O) groups is 2. The molecule has 16 heavy (non-hydrogen) atoms. The smallest absolute Gasteiger partial charge is 0.342 e. The zero-order chi connectivity index (χ0) is 12.6. The highest BCUT2D eigenvalue weighted by Gasteiger charge is 2.40. The standard InChI is InChI=1S/C11H17NO4/c1-10(2,3)16-9(14)8-7(6-13)12-11(4,5)15-8/h6,8H,1-5H3/t8-/m0/s1. The van der Waals surface area contributed by atoms with Crippen molar-refractivity contribution in [2.75, 3.05) is 0 Å². The van der Waals surface area contributed by atoms with Crippen LogP contribution in [0.15, 0.2) is 4.99 Å². The van der Waals surface area contributed by atoms with E-state index in [1.807, 2.05) is 0 Å². The molecule has 0 unspecified atom stereocenters. The second-order valence-electron chi connectivity index (χ2n) is 5.13. The number of hydrogen-bond donors (Lipinski definition) is 0. The second-order valence-corrected chi connectivity index (χ2v) is 5.13. The van der Waals surface area contributed by atoms with Gasteiger partial charge in [-0.3, -0.25) is 4.79 Å². The van der Waals surface area contributed by atoms with Crippen LogP contribution in [0.3, 0.4) is 0 Å². The molecule has 0 saturated carbocycles. The molecule has 0 N–H and O–H groups in total. The molecule has 0 spiro atoms. The normalized spacial score (nSPS) is 23.8. The Morgan fingerprint density at radius 1 is 1.50 bits per heavy atom. The number of carbonyl (C=O) groups excluding carboxylic acids is 2. The average molecular weight is 227 g/mol. The Balaban J connectivity index is 2.80. The first kappa shape index (κ1) is 12.8. The molecule has 0 aliphatic carbocycles. The van der Waals surface area contributed by atoms with E-state index in [0.717, 1.165) is 0 Å². The predicted octanol–water partition coefficient (Wildman–Crippen LogP) is 1.10. The zero-order valence-electron chi connectivity index (χ0n) is 10.2. The Hall–Kier alpha value is -1.23. The minimum Gasteiger partial charge on any atom is -0.458 e. The van der Waals surface area contributed by atoms with Gasteiger partial charge in [0.25, 0.3) is 0 Å². The van der Waals surface area contributed by atoms with E-state index in [-0.39, 0.29) is 5.71 Å². The number of nitrogens with zero attached hydrogens (tertiary/aromatic N) is 1. The summed E-state index contributed by atoms with van der Waals surface area (Å²) in [5.74, 6) is -0.580. The molecule has 0 radical (unpaired) electrons. The fourth-order valence-electron chi connectivity index (χ4n) is 1.36. The maximum Gasteiger partial charge on any atom is 0.342 e. The van der Waals surface area contributed by atoms with Crippen LogP contribution in [0.1, 0.15) is 34.6 Å². The average Bonchev–Trinajstić information content (AvgIpc) is 2.38. The van der Waals surface area contributed by atoms with Crippen LogP contribution in [0.25, 0.3) is 0 Å². The van der Waals surface area contributed by atoms with Crippen LogP contribution in [0, 0.1) is 0 Å². The van der Waals surface area contributed by atoms with Crippen LogP contribution >= 0.6 is 0 Å². The largest absolute Gasteiger partial charge is 0.458 e. The van der Waals surface area contributed by atoms with Crippen molar-refractivity contribution in [3.05, 3.63) is 0 Å². The van der Waals surface area contributed by atoms with Gasteiger partial charge in [-0.2, -0.15) is 0 Å². The van der Waals surface area contributed by atoms with Gasteiger partial charge in [0.05, 0.1) is 0 Å². The highest BCUT2D eigenvalue weighted by atomic mass is 16.6. The molecule has 1 aliphatic rings. The summed E-state index contributed by atoms with van der Waals surface area (Å²) in [6.07, 6.45) is -0.477. The number of esters is 1. The molecular weight excluding hydrogens is 210 g/mol. The Morgan fingerprint density at radius 2 is 2.06 bits per heavy atom. The van der Waals surface area contributed by atoms with Crippen molar-refractivity contribution in [2.45, 2.75) is 52.0 Å². The molecule has 0 fully saturated rings. The summed E-state index contributed by atoms with van der Waals surface area (Å²) >= 11 is 0. The fraction of sp³-hybridized carbons (Fsp3) is 0.727. The quantitative estimate of drug-likeness (QED) is 0.523. The predicted molar refractivity (Wildman–Crippen MR) is 58.3 cm³/mol. The van der Waals surface area contributed by atoms with Crippen molar-refractivity contribution >= 4 is 18.0 Å². The van der Waals surface area contributed by atoms with Crippen LogP contribution in [0.2, 0.25) is 0 Å². The number of hydrogen-bond acceptors (Lipinski definition) is 5. The van der Waals surface area contributed by atoms with Crippen LogP contribution in [-0.2, 0) is 19.1 Å². The first-order valence-corrected chi connectivity index (χ1v) is 5.10. The van der Waals surface area contributed by atoms with Gasteiger partial charge in [0.15, 0.2) is 12.0 Å². The van der Waals surface area contributed by atoms with Gasteiger partial charge in [-0.05, 0) is 34.6 Å². The van der Waals surface area contributed by atoms with Crippen LogP contribution < -0.4 is 0 Å². The summed E-state index contributed by atoms with van der Waals surface area (Å²) in [6, 6.07) is 0. The summed E-state index contributed by atoms with van der Waals surface area (Å²) in [5, 5.41) is 0. The van der Waals surface area contributed by atoms with Gasteiger partial charge in [-0.25, -0.2) is 9.79 Å². The van der Waals surface area contributed by atoms with Gasteiger partial charge in [0.1, 0.15) is 11.3 Å². The van der Waals surface area contributed by atoms with E-state index in [4.69, 9.17) is 9.47 Å². The molecule has 1 aliphatic heterocycles. The summed E-state index contributed by atoms with van der Waals surface area (Å²) in [6.45, 7) is 8.62. The Morgan fingerprint density at radius 3 is 2.50 bits per heavy atom. The number of ether oxygens (including phenoxy) is 2. The zero-order valence-corrected chi connectivity index (χ0v) is 10.2. The maximum absolute atomic E-state index is 11.7. The third kappa shape index (κ3) is 3.13. The molecule has 0 amide bonds. The number of rotatable bonds is 2. The van der Waals surface area contributed by atoms with E-state index < -0.39 is 23.4 Å². The topological polar surface area (TPSA) is 65.0 Å². The first-order chi connectivity index (χ1) is 7.14. The molecule has 0 saturated heterocycles. The van der Waals surface area contributed by atoms with Crippen molar-refractivity contribution in [2.24, 2.45) is 4.99 Å². The lowest BCUT2D eigenvalue weighted by atomic mass is 10.2. The number of aldehydes is 1. The minimum atomic E-state index is -1.01. The van der Waals surface area contributed by atoms with Crippen LogP contribution in [0.4, 0.5) is 0 Å². The molecule has 1 heterocycles. The van der Waals surface area contributed by atoms with E-state index in [9.17, 15) is 9.59 Å². The highest BCUT2D eigenvalue weighted by molar-refractivity contribution is 6.35. The Kier molecular flexibility index (Phi) is 3.19. The summed E-state index contributed by atoms with van der Waals surface area (Å²) in [7, 11) is 0. The van der Waals surface area contributed by atoms with Gasteiger partial charge in [0, 0.05) is 0 Å². The van der Waals surface area contributed by atoms with Crippen molar-refractivity contribution in [1.29, 1.82) is 0 Å². The van der Waals surface area contributed by atoms with Crippen LogP contribution in [-0.4, -0.2) is 35.4 Å². The Bertz CT molecular complexity index is 338. The van der Waals surface area contributed by atoms with Crippen molar-refractivity contribution in [1.82, 2.24) is 0 Å². The van der Waals surface area contributed by atoms with Gasteiger partial charge in [0.2, 0.25) is 6.10 Å². The van der Waals surface area contributed by atoms with Crippen molar-refractivity contribution in [3.63, 3.8) is 0 Å². The lowest BCUT2D eigenvalue weighted by Crippen LogP contribution is -2.38. The maximum atomic E-state index is 11.7. The molecule has 5 heteroatoms. The first-order valence-electron chi connectivity index (χ1n) is 5.10. The summed E-state index contributed by atoms with van der Waals surface area (Å²) in [4.78, 5) is 26.5. The molecule has 0 aromatic carbocycles.